The molecule has 0 fully saturated rings. The zero-order valence-electron chi connectivity index (χ0n) is 14.0. The minimum Gasteiger partial charge on any atom is -0.396 e. The molecule has 1 amide bonds. The van der Waals surface area contributed by atoms with Crippen LogP contribution in [0.15, 0.2) is 42.7 Å². The third-order valence-electron chi connectivity index (χ3n) is 3.79. The lowest BCUT2D eigenvalue weighted by Crippen LogP contribution is -2.29. The summed E-state index contributed by atoms with van der Waals surface area (Å²) in [7, 11) is 0. The summed E-state index contributed by atoms with van der Waals surface area (Å²) in [5, 5.41) is 16.4. The van der Waals surface area contributed by atoms with Crippen molar-refractivity contribution in [1.29, 1.82) is 0 Å². The van der Waals surface area contributed by atoms with Crippen molar-refractivity contribution in [1.82, 2.24) is 15.1 Å². The average Bonchev–Trinajstić information content (AvgIpc) is 3.02. The van der Waals surface area contributed by atoms with Crippen LogP contribution >= 0.6 is 0 Å². The third-order valence-corrected chi connectivity index (χ3v) is 3.79. The maximum absolute atomic E-state index is 12.3. The normalized spacial score (nSPS) is 12.9. The van der Waals surface area contributed by atoms with Crippen LogP contribution in [-0.2, 0) is 5.54 Å². The van der Waals surface area contributed by atoms with E-state index in [0.29, 0.717) is 18.5 Å². The van der Waals surface area contributed by atoms with Crippen LogP contribution in [0.2, 0.25) is 0 Å². The van der Waals surface area contributed by atoms with Crippen molar-refractivity contribution in [2.75, 3.05) is 13.2 Å². The Bertz CT molecular complexity index is 629. The van der Waals surface area contributed by atoms with Gasteiger partial charge in [0.1, 0.15) is 0 Å². The molecule has 5 heteroatoms. The van der Waals surface area contributed by atoms with Crippen LogP contribution in [0.5, 0.6) is 0 Å². The number of aliphatic hydroxyl groups excluding tert-OH is 1. The lowest BCUT2D eigenvalue weighted by Gasteiger charge is -2.19. The fourth-order valence-electron chi connectivity index (χ4n) is 2.39. The van der Waals surface area contributed by atoms with Crippen molar-refractivity contribution in [2.24, 2.45) is 0 Å². The van der Waals surface area contributed by atoms with E-state index in [9.17, 15) is 9.90 Å². The van der Waals surface area contributed by atoms with Crippen LogP contribution in [0.3, 0.4) is 0 Å². The van der Waals surface area contributed by atoms with Gasteiger partial charge >= 0.3 is 0 Å². The predicted molar refractivity (Wildman–Crippen MR) is 90.4 cm³/mol. The first-order chi connectivity index (χ1) is 10.9. The first-order valence-corrected chi connectivity index (χ1v) is 7.91. The Hall–Kier alpha value is -2.14. The Balaban J connectivity index is 2.00. The first kappa shape index (κ1) is 17.2. The van der Waals surface area contributed by atoms with Crippen molar-refractivity contribution < 1.29 is 9.90 Å². The molecule has 0 radical (unpaired) electrons. The van der Waals surface area contributed by atoms with E-state index in [1.807, 2.05) is 51.1 Å². The molecule has 0 aliphatic carbocycles. The van der Waals surface area contributed by atoms with Gasteiger partial charge in [-0.3, -0.25) is 9.48 Å². The largest absolute Gasteiger partial charge is 0.396 e. The van der Waals surface area contributed by atoms with Crippen LogP contribution in [0.4, 0.5) is 0 Å². The molecule has 0 saturated heterocycles. The van der Waals surface area contributed by atoms with E-state index in [0.717, 1.165) is 5.56 Å². The second-order valence-electron chi connectivity index (χ2n) is 6.67. The zero-order valence-corrected chi connectivity index (χ0v) is 14.0. The molecule has 124 valence electrons. The number of aliphatic hydroxyl groups is 1. The second-order valence-corrected chi connectivity index (χ2v) is 6.67. The van der Waals surface area contributed by atoms with Gasteiger partial charge in [-0.15, -0.1) is 0 Å². The summed E-state index contributed by atoms with van der Waals surface area (Å²) in [6, 6.07) is 9.93. The van der Waals surface area contributed by atoms with Gasteiger partial charge in [0.05, 0.1) is 17.3 Å². The van der Waals surface area contributed by atoms with Gasteiger partial charge in [0.15, 0.2) is 0 Å². The number of rotatable bonds is 6. The fraction of sp³-hybridized carbons (Fsp3) is 0.444. The second kappa shape index (κ2) is 7.42. The summed E-state index contributed by atoms with van der Waals surface area (Å²) >= 11 is 0. The molecule has 1 aromatic heterocycles. The van der Waals surface area contributed by atoms with Gasteiger partial charge < -0.3 is 10.4 Å². The molecule has 1 atom stereocenters. The van der Waals surface area contributed by atoms with Crippen molar-refractivity contribution in [3.05, 3.63) is 53.9 Å². The van der Waals surface area contributed by atoms with Crippen molar-refractivity contribution >= 4 is 5.91 Å². The van der Waals surface area contributed by atoms with Gasteiger partial charge in [0.2, 0.25) is 0 Å². The molecule has 0 aliphatic rings. The number of hydrogen-bond donors (Lipinski definition) is 2. The molecule has 23 heavy (non-hydrogen) atoms. The molecule has 1 heterocycles. The highest BCUT2D eigenvalue weighted by Gasteiger charge is 2.18. The SMILES string of the molecule is CC(C)(C)n1cc(C(=O)NCC(CCO)c2ccccc2)cn1. The Morgan fingerprint density at radius 1 is 1.30 bits per heavy atom. The molecule has 2 rings (SSSR count). The standard InChI is InChI=1S/C18H25N3O2/c1-18(2,3)21-13-16(12-20-21)17(23)19-11-15(9-10-22)14-7-5-4-6-8-14/h4-8,12-13,15,22H,9-11H2,1-3H3,(H,19,23). The number of nitrogens with one attached hydrogen (secondary N) is 1. The molecule has 0 bridgehead atoms. The van der Waals surface area contributed by atoms with E-state index >= 15 is 0 Å². The number of carbonyl (C=O) groups is 1. The summed E-state index contributed by atoms with van der Waals surface area (Å²) in [5.74, 6) is -0.0396. The van der Waals surface area contributed by atoms with E-state index in [4.69, 9.17) is 0 Å². The molecule has 5 nitrogen and oxygen atoms in total. The maximum Gasteiger partial charge on any atom is 0.254 e. The number of amides is 1. The molecular weight excluding hydrogens is 290 g/mol. The van der Waals surface area contributed by atoms with Crippen LogP contribution < -0.4 is 5.32 Å². The van der Waals surface area contributed by atoms with Gasteiger partial charge in [-0.05, 0) is 32.8 Å². The van der Waals surface area contributed by atoms with E-state index in [1.165, 1.54) is 0 Å². The summed E-state index contributed by atoms with van der Waals surface area (Å²) in [4.78, 5) is 12.3. The van der Waals surface area contributed by atoms with Gasteiger partial charge in [-0.1, -0.05) is 30.3 Å². The highest BCUT2D eigenvalue weighted by atomic mass is 16.3. The van der Waals surface area contributed by atoms with Gasteiger partial charge in [0, 0.05) is 25.3 Å². The maximum atomic E-state index is 12.3. The number of aromatic nitrogens is 2. The molecular formula is C18H25N3O2. The minimum absolute atomic E-state index is 0.0946. The van der Waals surface area contributed by atoms with E-state index in [-0.39, 0.29) is 24.0 Å². The molecule has 2 N–H and O–H groups in total. The van der Waals surface area contributed by atoms with Gasteiger partial charge in [-0.25, -0.2) is 0 Å². The number of benzene rings is 1. The highest BCUT2D eigenvalue weighted by molar-refractivity contribution is 5.93. The van der Waals surface area contributed by atoms with Gasteiger partial charge in [-0.2, -0.15) is 5.10 Å². The zero-order chi connectivity index (χ0) is 16.9. The highest BCUT2D eigenvalue weighted by Crippen LogP contribution is 2.18. The topological polar surface area (TPSA) is 67.2 Å². The molecule has 0 aliphatic heterocycles. The third kappa shape index (κ3) is 4.66. The molecule has 1 unspecified atom stereocenters. The predicted octanol–water partition coefficient (Wildman–Crippen LogP) is 2.53. The van der Waals surface area contributed by atoms with E-state index in [1.54, 1.807) is 17.1 Å². The van der Waals surface area contributed by atoms with Crippen molar-refractivity contribution in [3.8, 4) is 0 Å². The summed E-state index contributed by atoms with van der Waals surface area (Å²) in [6.45, 7) is 6.69. The molecule has 2 aromatic rings. The molecule has 1 aromatic carbocycles. The molecule has 0 saturated carbocycles. The lowest BCUT2D eigenvalue weighted by atomic mass is 9.96. The number of nitrogens with zero attached hydrogens (tertiary/aromatic N) is 2. The smallest absolute Gasteiger partial charge is 0.254 e. The van der Waals surface area contributed by atoms with Crippen LogP contribution in [0.25, 0.3) is 0 Å². The summed E-state index contributed by atoms with van der Waals surface area (Å²) < 4.78 is 1.78. The quantitative estimate of drug-likeness (QED) is 0.861. The van der Waals surface area contributed by atoms with Crippen LogP contribution in [0.1, 0.15) is 49.0 Å². The summed E-state index contributed by atoms with van der Waals surface area (Å²) in [6.07, 6.45) is 3.97. The fourth-order valence-corrected chi connectivity index (χ4v) is 2.39. The van der Waals surface area contributed by atoms with E-state index < -0.39 is 0 Å². The van der Waals surface area contributed by atoms with Crippen molar-refractivity contribution in [3.63, 3.8) is 0 Å². The molecule has 0 spiro atoms. The Morgan fingerprint density at radius 3 is 2.57 bits per heavy atom. The Labute approximate surface area is 137 Å². The van der Waals surface area contributed by atoms with Crippen molar-refractivity contribution in [2.45, 2.75) is 38.6 Å². The average molecular weight is 315 g/mol. The monoisotopic (exact) mass is 315 g/mol. The first-order valence-electron chi connectivity index (χ1n) is 7.91. The van der Waals surface area contributed by atoms with E-state index in [2.05, 4.69) is 10.4 Å². The minimum atomic E-state index is -0.151. The lowest BCUT2D eigenvalue weighted by molar-refractivity contribution is 0.0949. The number of hydrogen-bond acceptors (Lipinski definition) is 3. The Kier molecular flexibility index (Phi) is 5.55. The number of carbonyl (C=O) groups excluding carboxylic acids is 1. The van der Waals surface area contributed by atoms with Crippen LogP contribution in [-0.4, -0.2) is 33.9 Å². The van der Waals surface area contributed by atoms with Crippen LogP contribution in [0, 0.1) is 0 Å². The summed E-state index contributed by atoms with van der Waals surface area (Å²) in [5.41, 5.74) is 1.52. The van der Waals surface area contributed by atoms with Gasteiger partial charge in [0.25, 0.3) is 5.91 Å². The Morgan fingerprint density at radius 2 is 2.00 bits per heavy atom.